The second-order valence-electron chi connectivity index (χ2n) is 6.62. The summed E-state index contributed by atoms with van der Waals surface area (Å²) in [6.45, 7) is 5.94. The molecule has 144 valence electrons. The molecule has 0 saturated carbocycles. The molecule has 0 aliphatic rings. The Morgan fingerprint density at radius 2 is 2.07 bits per heavy atom. The highest BCUT2D eigenvalue weighted by atomic mass is 32.2. The lowest BCUT2D eigenvalue weighted by molar-refractivity contribution is -0.116. The van der Waals surface area contributed by atoms with E-state index in [1.165, 1.54) is 0 Å². The molecule has 1 amide bonds. The summed E-state index contributed by atoms with van der Waals surface area (Å²) in [4.78, 5) is 18.1. The Balaban J connectivity index is 1.69. The minimum atomic E-state index is -0.0381. The van der Waals surface area contributed by atoms with Gasteiger partial charge in [-0.15, -0.1) is 11.8 Å². The molecule has 0 radical (unpaired) electrons. The Morgan fingerprint density at radius 3 is 2.86 bits per heavy atom. The lowest BCUT2D eigenvalue weighted by Gasteiger charge is -2.12. The molecule has 28 heavy (non-hydrogen) atoms. The summed E-state index contributed by atoms with van der Waals surface area (Å²) in [6.07, 6.45) is 1.45. The predicted molar refractivity (Wildman–Crippen MR) is 112 cm³/mol. The standard InChI is InChI=1S/C21H23N5OS/c1-14-13-20-23-15(2)17(16(3)26(20)25-14)9-10-21(27)24-18-7-4-5-8-19(18)28-12-6-11-22/h4-5,7-8,13H,6,9-10,12H2,1-3H3,(H,24,27). The Kier molecular flexibility index (Phi) is 6.32. The molecule has 3 rings (SSSR count). The number of aryl methyl sites for hydroxylation is 3. The van der Waals surface area contributed by atoms with Crippen LogP contribution in [0.25, 0.3) is 5.65 Å². The lowest BCUT2D eigenvalue weighted by Crippen LogP contribution is -2.14. The van der Waals surface area contributed by atoms with Crippen LogP contribution in [0.4, 0.5) is 5.69 Å². The van der Waals surface area contributed by atoms with E-state index in [2.05, 4.69) is 21.5 Å². The SMILES string of the molecule is Cc1cc2nc(C)c(CCC(=O)Nc3ccccc3SCCC#N)c(C)n2n1. The number of nitrogens with zero attached hydrogens (tertiary/aromatic N) is 4. The maximum atomic E-state index is 12.5. The fourth-order valence-corrected chi connectivity index (χ4v) is 4.02. The van der Waals surface area contributed by atoms with E-state index in [9.17, 15) is 4.79 Å². The first kappa shape index (κ1) is 19.9. The van der Waals surface area contributed by atoms with Gasteiger partial charge in [0.15, 0.2) is 5.65 Å². The van der Waals surface area contributed by atoms with E-state index >= 15 is 0 Å². The fourth-order valence-electron chi connectivity index (χ4n) is 3.16. The number of rotatable bonds is 7. The van der Waals surface area contributed by atoms with Gasteiger partial charge in [0, 0.05) is 40.9 Å². The van der Waals surface area contributed by atoms with E-state index in [0.717, 1.165) is 38.9 Å². The van der Waals surface area contributed by atoms with Crippen molar-refractivity contribution >= 4 is 29.0 Å². The van der Waals surface area contributed by atoms with Crippen molar-refractivity contribution in [1.82, 2.24) is 14.6 Å². The zero-order valence-corrected chi connectivity index (χ0v) is 17.1. The van der Waals surface area contributed by atoms with Crippen LogP contribution in [0.15, 0.2) is 35.2 Å². The van der Waals surface area contributed by atoms with E-state index in [0.29, 0.717) is 25.0 Å². The molecule has 0 saturated heterocycles. The van der Waals surface area contributed by atoms with Gasteiger partial charge >= 0.3 is 0 Å². The number of para-hydroxylation sites is 1. The number of amides is 1. The third-order valence-electron chi connectivity index (χ3n) is 4.52. The Hall–Kier alpha value is -2.85. The number of fused-ring (bicyclic) bond motifs is 1. The molecule has 1 aromatic carbocycles. The topological polar surface area (TPSA) is 83.1 Å². The largest absolute Gasteiger partial charge is 0.325 e. The summed E-state index contributed by atoms with van der Waals surface area (Å²) in [5.41, 5.74) is 5.57. The molecule has 0 spiro atoms. The van der Waals surface area contributed by atoms with Gasteiger partial charge in [-0.1, -0.05) is 12.1 Å². The average Bonchev–Trinajstić information content (AvgIpc) is 3.03. The molecular formula is C21H23N5OS. The van der Waals surface area contributed by atoms with E-state index < -0.39 is 0 Å². The van der Waals surface area contributed by atoms with E-state index in [4.69, 9.17) is 5.26 Å². The van der Waals surface area contributed by atoms with Crippen molar-refractivity contribution in [3.05, 3.63) is 53.0 Å². The quantitative estimate of drug-likeness (QED) is 0.480. The van der Waals surface area contributed by atoms with Crippen molar-refractivity contribution in [2.45, 2.75) is 44.9 Å². The number of aromatic nitrogens is 3. The fraction of sp³-hybridized carbons (Fsp3) is 0.333. The molecule has 0 aliphatic carbocycles. The van der Waals surface area contributed by atoms with Crippen LogP contribution in [0.3, 0.4) is 0 Å². The third kappa shape index (κ3) is 4.52. The molecular weight excluding hydrogens is 370 g/mol. The van der Waals surface area contributed by atoms with Crippen LogP contribution in [-0.4, -0.2) is 26.3 Å². The first-order valence-corrected chi connectivity index (χ1v) is 10.2. The maximum Gasteiger partial charge on any atom is 0.224 e. The number of anilines is 1. The molecule has 2 heterocycles. The van der Waals surface area contributed by atoms with Crippen LogP contribution < -0.4 is 5.32 Å². The van der Waals surface area contributed by atoms with E-state index in [-0.39, 0.29) is 5.91 Å². The number of hydrogen-bond acceptors (Lipinski definition) is 5. The Bertz CT molecular complexity index is 1050. The summed E-state index contributed by atoms with van der Waals surface area (Å²) in [5.74, 6) is 0.667. The first-order chi connectivity index (χ1) is 13.5. The average molecular weight is 394 g/mol. The Labute approximate surface area is 169 Å². The molecule has 7 heteroatoms. The van der Waals surface area contributed by atoms with Crippen molar-refractivity contribution in [3.8, 4) is 6.07 Å². The van der Waals surface area contributed by atoms with E-state index in [1.807, 2.05) is 55.6 Å². The molecule has 3 aromatic rings. The molecule has 0 bridgehead atoms. The van der Waals surface area contributed by atoms with Gasteiger partial charge in [0.25, 0.3) is 0 Å². The minimum absolute atomic E-state index is 0.0381. The van der Waals surface area contributed by atoms with Gasteiger partial charge in [0.1, 0.15) is 0 Å². The Morgan fingerprint density at radius 1 is 1.29 bits per heavy atom. The van der Waals surface area contributed by atoms with Crippen LogP contribution in [0.1, 0.15) is 35.5 Å². The zero-order chi connectivity index (χ0) is 20.1. The molecule has 0 fully saturated rings. The minimum Gasteiger partial charge on any atom is -0.325 e. The van der Waals surface area contributed by atoms with Crippen LogP contribution in [0.2, 0.25) is 0 Å². The number of nitrogens with one attached hydrogen (secondary N) is 1. The van der Waals surface area contributed by atoms with Crippen LogP contribution in [-0.2, 0) is 11.2 Å². The number of carbonyl (C=O) groups is 1. The van der Waals surface area contributed by atoms with Crippen molar-refractivity contribution in [2.24, 2.45) is 0 Å². The lowest BCUT2D eigenvalue weighted by atomic mass is 10.1. The zero-order valence-electron chi connectivity index (χ0n) is 16.3. The van der Waals surface area contributed by atoms with Gasteiger partial charge in [0.05, 0.1) is 17.5 Å². The van der Waals surface area contributed by atoms with Crippen molar-refractivity contribution in [2.75, 3.05) is 11.1 Å². The number of carbonyl (C=O) groups excluding carboxylic acids is 1. The third-order valence-corrected chi connectivity index (χ3v) is 5.60. The first-order valence-electron chi connectivity index (χ1n) is 9.20. The van der Waals surface area contributed by atoms with Crippen molar-refractivity contribution in [3.63, 3.8) is 0 Å². The van der Waals surface area contributed by atoms with Gasteiger partial charge in [-0.25, -0.2) is 9.50 Å². The summed E-state index contributed by atoms with van der Waals surface area (Å²) in [7, 11) is 0. The summed E-state index contributed by atoms with van der Waals surface area (Å²) in [5, 5.41) is 16.2. The number of hydrogen-bond donors (Lipinski definition) is 1. The van der Waals surface area contributed by atoms with Gasteiger partial charge in [0.2, 0.25) is 5.91 Å². The van der Waals surface area contributed by atoms with Crippen LogP contribution >= 0.6 is 11.8 Å². The molecule has 1 N–H and O–H groups in total. The molecule has 0 unspecified atom stereocenters. The van der Waals surface area contributed by atoms with Gasteiger partial charge in [-0.3, -0.25) is 4.79 Å². The number of thioether (sulfide) groups is 1. The monoisotopic (exact) mass is 393 g/mol. The normalized spacial score (nSPS) is 10.8. The smallest absolute Gasteiger partial charge is 0.224 e. The van der Waals surface area contributed by atoms with Crippen molar-refractivity contribution in [1.29, 1.82) is 5.26 Å². The van der Waals surface area contributed by atoms with Crippen molar-refractivity contribution < 1.29 is 4.79 Å². The summed E-state index contributed by atoms with van der Waals surface area (Å²) < 4.78 is 1.84. The highest BCUT2D eigenvalue weighted by Crippen LogP contribution is 2.27. The second-order valence-corrected chi connectivity index (χ2v) is 7.75. The van der Waals surface area contributed by atoms with Gasteiger partial charge in [-0.05, 0) is 44.9 Å². The summed E-state index contributed by atoms with van der Waals surface area (Å²) >= 11 is 1.58. The van der Waals surface area contributed by atoms with Crippen LogP contribution in [0.5, 0.6) is 0 Å². The second kappa shape index (κ2) is 8.89. The van der Waals surface area contributed by atoms with Gasteiger partial charge in [-0.2, -0.15) is 10.4 Å². The maximum absolute atomic E-state index is 12.5. The molecule has 2 aromatic heterocycles. The number of benzene rings is 1. The summed E-state index contributed by atoms with van der Waals surface area (Å²) in [6, 6.07) is 11.8. The highest BCUT2D eigenvalue weighted by molar-refractivity contribution is 7.99. The molecule has 6 nitrogen and oxygen atoms in total. The highest BCUT2D eigenvalue weighted by Gasteiger charge is 2.13. The van der Waals surface area contributed by atoms with Gasteiger partial charge < -0.3 is 5.32 Å². The molecule has 0 atom stereocenters. The van der Waals surface area contributed by atoms with Crippen LogP contribution in [0, 0.1) is 32.1 Å². The number of nitriles is 1. The van der Waals surface area contributed by atoms with E-state index in [1.54, 1.807) is 11.8 Å². The predicted octanol–water partition coefficient (Wildman–Crippen LogP) is 4.23. The molecule has 0 aliphatic heterocycles.